The fourth-order valence-corrected chi connectivity index (χ4v) is 0.600. The zero-order valence-electron chi connectivity index (χ0n) is 5.89. The average molecular weight is 201 g/mol. The minimum Gasteiger partial charge on any atom is -0.329 e. The topological polar surface area (TPSA) is 38.9 Å². The number of halogens is 4. The number of hydrogen-bond acceptors (Lipinski definition) is 3. The van der Waals surface area contributed by atoms with Gasteiger partial charge in [0.25, 0.3) is 0 Å². The summed E-state index contributed by atoms with van der Waals surface area (Å²) < 4.78 is 39.4. The molecule has 0 bridgehead atoms. The fourth-order valence-electron chi connectivity index (χ4n) is 0.512. The van der Waals surface area contributed by atoms with E-state index in [0.29, 0.717) is 0 Å². The number of rotatable bonds is 1. The van der Waals surface area contributed by atoms with Crippen molar-refractivity contribution >= 4 is 11.6 Å². The molecule has 0 aliphatic rings. The van der Waals surface area contributed by atoms with Gasteiger partial charge in [0.05, 0.1) is 5.38 Å². The highest BCUT2D eigenvalue weighted by molar-refractivity contribution is 6.20. The van der Waals surface area contributed by atoms with Crippen LogP contribution in [0.4, 0.5) is 13.2 Å². The second kappa shape index (κ2) is 2.93. The summed E-state index contributed by atoms with van der Waals surface area (Å²) in [7, 11) is 0. The van der Waals surface area contributed by atoms with Gasteiger partial charge >= 0.3 is 12.1 Å². The van der Waals surface area contributed by atoms with E-state index in [2.05, 4.69) is 14.7 Å². The van der Waals surface area contributed by atoms with E-state index in [0.717, 1.165) is 0 Å². The van der Waals surface area contributed by atoms with Gasteiger partial charge in [0.1, 0.15) is 0 Å². The number of alkyl halides is 4. The SMILES string of the molecule is CC(Cl)c1noc(C(F)(F)F)n1. The van der Waals surface area contributed by atoms with Crippen molar-refractivity contribution < 1.29 is 17.7 Å². The summed E-state index contributed by atoms with van der Waals surface area (Å²) in [6.45, 7) is 1.45. The van der Waals surface area contributed by atoms with E-state index in [4.69, 9.17) is 11.6 Å². The van der Waals surface area contributed by atoms with Crippen molar-refractivity contribution in [1.82, 2.24) is 10.1 Å². The molecule has 0 radical (unpaired) electrons. The molecule has 0 fully saturated rings. The lowest BCUT2D eigenvalue weighted by molar-refractivity contribution is -0.159. The molecule has 68 valence electrons. The van der Waals surface area contributed by atoms with Crippen LogP contribution >= 0.6 is 11.6 Å². The lowest BCUT2D eigenvalue weighted by atomic mass is 10.4. The van der Waals surface area contributed by atoms with Crippen LogP contribution in [0, 0.1) is 0 Å². The Balaban J connectivity index is 2.92. The number of hydrogen-bond donors (Lipinski definition) is 0. The van der Waals surface area contributed by atoms with E-state index in [1.807, 2.05) is 0 Å². The Bertz CT molecular complexity index is 270. The molecule has 0 N–H and O–H groups in total. The Morgan fingerprint density at radius 2 is 2.08 bits per heavy atom. The first-order valence-corrected chi connectivity index (χ1v) is 3.40. The maximum Gasteiger partial charge on any atom is 0.471 e. The third kappa shape index (κ3) is 1.88. The highest BCUT2D eigenvalue weighted by atomic mass is 35.5. The highest BCUT2D eigenvalue weighted by Gasteiger charge is 2.38. The second-order valence-corrected chi connectivity index (χ2v) is 2.73. The molecule has 0 saturated carbocycles. The maximum absolute atomic E-state index is 11.8. The molecule has 1 aromatic rings. The smallest absolute Gasteiger partial charge is 0.329 e. The second-order valence-electron chi connectivity index (χ2n) is 2.07. The van der Waals surface area contributed by atoms with Gasteiger partial charge in [0, 0.05) is 0 Å². The third-order valence-corrected chi connectivity index (χ3v) is 1.24. The van der Waals surface area contributed by atoms with Gasteiger partial charge in [-0.25, -0.2) is 0 Å². The van der Waals surface area contributed by atoms with E-state index < -0.39 is 17.4 Å². The normalized spacial score (nSPS) is 14.8. The van der Waals surface area contributed by atoms with Crippen molar-refractivity contribution in [2.45, 2.75) is 18.5 Å². The monoisotopic (exact) mass is 200 g/mol. The molecular formula is C5H4ClF3N2O. The van der Waals surface area contributed by atoms with Gasteiger partial charge in [-0.1, -0.05) is 5.16 Å². The minimum absolute atomic E-state index is 0.163. The van der Waals surface area contributed by atoms with Gasteiger partial charge in [-0.2, -0.15) is 18.2 Å². The lowest BCUT2D eigenvalue weighted by Gasteiger charge is -1.96. The van der Waals surface area contributed by atoms with E-state index >= 15 is 0 Å². The molecule has 1 rings (SSSR count). The van der Waals surface area contributed by atoms with Gasteiger partial charge in [0.2, 0.25) is 0 Å². The van der Waals surface area contributed by atoms with E-state index in [1.165, 1.54) is 6.92 Å². The molecule has 1 unspecified atom stereocenters. The quantitative estimate of drug-likeness (QED) is 0.654. The Kier molecular flexibility index (Phi) is 2.27. The fraction of sp³-hybridized carbons (Fsp3) is 0.600. The van der Waals surface area contributed by atoms with Crippen LogP contribution in [-0.4, -0.2) is 10.1 Å². The predicted octanol–water partition coefficient (Wildman–Crippen LogP) is 2.39. The van der Waals surface area contributed by atoms with Crippen molar-refractivity contribution in [3.05, 3.63) is 11.7 Å². The Morgan fingerprint density at radius 3 is 2.33 bits per heavy atom. The van der Waals surface area contributed by atoms with Crippen molar-refractivity contribution in [1.29, 1.82) is 0 Å². The summed E-state index contributed by atoms with van der Waals surface area (Å²) in [6.07, 6.45) is -4.60. The molecule has 3 nitrogen and oxygen atoms in total. The number of nitrogens with zero attached hydrogens (tertiary/aromatic N) is 2. The van der Waals surface area contributed by atoms with E-state index in [9.17, 15) is 13.2 Å². The van der Waals surface area contributed by atoms with Crippen LogP contribution in [0.3, 0.4) is 0 Å². The highest BCUT2D eigenvalue weighted by Crippen LogP contribution is 2.28. The van der Waals surface area contributed by atoms with Gasteiger partial charge in [0.15, 0.2) is 5.82 Å². The van der Waals surface area contributed by atoms with Gasteiger partial charge in [-0.3, -0.25) is 0 Å². The van der Waals surface area contributed by atoms with E-state index in [-0.39, 0.29) is 5.82 Å². The van der Waals surface area contributed by atoms with Gasteiger partial charge in [-0.05, 0) is 6.92 Å². The summed E-state index contributed by atoms with van der Waals surface area (Å²) in [5.74, 6) is -1.53. The first-order chi connectivity index (χ1) is 5.41. The van der Waals surface area contributed by atoms with Gasteiger partial charge < -0.3 is 4.52 Å². The van der Waals surface area contributed by atoms with Crippen LogP contribution in [0.1, 0.15) is 24.0 Å². The molecule has 0 spiro atoms. The Morgan fingerprint density at radius 1 is 1.50 bits per heavy atom. The van der Waals surface area contributed by atoms with E-state index in [1.54, 1.807) is 0 Å². The first-order valence-electron chi connectivity index (χ1n) is 2.96. The molecule has 12 heavy (non-hydrogen) atoms. The molecular weight excluding hydrogens is 197 g/mol. The standard InChI is InChI=1S/C5H4ClF3N2O/c1-2(6)3-10-4(12-11-3)5(7,8)9/h2H,1H3. The minimum atomic E-state index is -4.60. The molecule has 7 heteroatoms. The average Bonchev–Trinajstić information content (AvgIpc) is 2.30. The van der Waals surface area contributed by atoms with Crippen LogP contribution in [0.25, 0.3) is 0 Å². The van der Waals surface area contributed by atoms with Crippen LogP contribution < -0.4 is 0 Å². The van der Waals surface area contributed by atoms with Crippen molar-refractivity contribution in [3.63, 3.8) is 0 Å². The van der Waals surface area contributed by atoms with Crippen molar-refractivity contribution in [3.8, 4) is 0 Å². The maximum atomic E-state index is 11.8. The molecule has 0 aromatic carbocycles. The predicted molar refractivity (Wildman–Crippen MR) is 33.6 cm³/mol. The largest absolute Gasteiger partial charge is 0.471 e. The Hall–Kier alpha value is -0.780. The molecule has 0 aliphatic heterocycles. The van der Waals surface area contributed by atoms with Crippen LogP contribution in [0.5, 0.6) is 0 Å². The molecule has 0 saturated heterocycles. The van der Waals surface area contributed by atoms with Gasteiger partial charge in [-0.15, -0.1) is 11.6 Å². The summed E-state index contributed by atoms with van der Waals surface area (Å²) in [5.41, 5.74) is 0. The molecule has 1 heterocycles. The summed E-state index contributed by atoms with van der Waals surface area (Å²) in [6, 6.07) is 0. The number of aromatic nitrogens is 2. The van der Waals surface area contributed by atoms with Crippen LogP contribution in [0.2, 0.25) is 0 Å². The molecule has 0 amide bonds. The Labute approximate surface area is 70.5 Å². The first kappa shape index (κ1) is 9.31. The summed E-state index contributed by atoms with van der Waals surface area (Å²) in [4.78, 5) is 3.05. The lowest BCUT2D eigenvalue weighted by Crippen LogP contribution is -2.05. The zero-order chi connectivity index (χ0) is 9.35. The third-order valence-electron chi connectivity index (χ3n) is 1.04. The van der Waals surface area contributed by atoms with Crippen molar-refractivity contribution in [2.24, 2.45) is 0 Å². The summed E-state index contributed by atoms with van der Waals surface area (Å²) >= 11 is 5.41. The molecule has 1 atom stereocenters. The summed E-state index contributed by atoms with van der Waals surface area (Å²) in [5, 5.41) is 2.35. The van der Waals surface area contributed by atoms with Crippen LogP contribution in [0.15, 0.2) is 4.52 Å². The van der Waals surface area contributed by atoms with Crippen LogP contribution in [-0.2, 0) is 6.18 Å². The van der Waals surface area contributed by atoms with Crippen molar-refractivity contribution in [2.75, 3.05) is 0 Å². The molecule has 0 aliphatic carbocycles. The molecule has 1 aromatic heterocycles. The zero-order valence-corrected chi connectivity index (χ0v) is 6.65.